The Labute approximate surface area is 141 Å². The van der Waals surface area contributed by atoms with Crippen molar-refractivity contribution in [1.29, 1.82) is 0 Å². The zero-order valence-corrected chi connectivity index (χ0v) is 14.7. The van der Waals surface area contributed by atoms with Gasteiger partial charge in [-0.3, -0.25) is 9.59 Å². The van der Waals surface area contributed by atoms with E-state index in [0.717, 1.165) is 37.1 Å². The van der Waals surface area contributed by atoms with Crippen LogP contribution in [0.5, 0.6) is 0 Å². The van der Waals surface area contributed by atoms with Crippen LogP contribution in [0.2, 0.25) is 0 Å². The van der Waals surface area contributed by atoms with Crippen LogP contribution in [0.15, 0.2) is 0 Å². The van der Waals surface area contributed by atoms with Crippen molar-refractivity contribution < 1.29 is 14.3 Å². The first-order valence-electron chi connectivity index (χ1n) is 8.49. The molecule has 1 aromatic heterocycles. The Morgan fingerprint density at radius 2 is 2.00 bits per heavy atom. The molecule has 2 heterocycles. The van der Waals surface area contributed by atoms with Crippen molar-refractivity contribution in [3.8, 4) is 0 Å². The van der Waals surface area contributed by atoms with Gasteiger partial charge < -0.3 is 9.64 Å². The summed E-state index contributed by atoms with van der Waals surface area (Å²) in [6.45, 7) is 5.63. The number of thiazole rings is 1. The van der Waals surface area contributed by atoms with Gasteiger partial charge in [-0.25, -0.2) is 4.98 Å². The molecule has 2 aliphatic rings. The van der Waals surface area contributed by atoms with Crippen LogP contribution in [0, 0.1) is 18.8 Å². The topological polar surface area (TPSA) is 59.5 Å². The monoisotopic (exact) mass is 336 g/mol. The Morgan fingerprint density at radius 1 is 1.26 bits per heavy atom. The first-order valence-corrected chi connectivity index (χ1v) is 9.30. The van der Waals surface area contributed by atoms with Gasteiger partial charge in [0.15, 0.2) is 0 Å². The average molecular weight is 336 g/mol. The third-order valence-electron chi connectivity index (χ3n) is 4.82. The highest BCUT2D eigenvalue weighted by molar-refractivity contribution is 7.11. The molecular formula is C17H24N2O3S. The number of amides is 1. The summed E-state index contributed by atoms with van der Waals surface area (Å²) in [5.41, 5.74) is 1.19. The van der Waals surface area contributed by atoms with E-state index < -0.39 is 0 Å². The van der Waals surface area contributed by atoms with Crippen LogP contribution in [-0.2, 0) is 27.2 Å². The molecule has 1 saturated heterocycles. The van der Waals surface area contributed by atoms with Crippen molar-refractivity contribution in [2.45, 2.75) is 46.0 Å². The standard InChI is InChI=1S/C17H24N2O3S/c1-3-22-17(21)12-6-8-19(9-7-12)16(20)13-4-5-14-15(10-13)23-11(2)18-14/h12-13H,3-10H2,1-2H3. The number of esters is 1. The summed E-state index contributed by atoms with van der Waals surface area (Å²) in [5, 5.41) is 1.10. The molecular weight excluding hydrogens is 312 g/mol. The number of aryl methyl sites for hydroxylation is 2. The molecule has 126 valence electrons. The maximum absolute atomic E-state index is 12.8. The van der Waals surface area contributed by atoms with Gasteiger partial charge in [-0.1, -0.05) is 0 Å². The maximum Gasteiger partial charge on any atom is 0.309 e. The number of nitrogens with zero attached hydrogens (tertiary/aromatic N) is 2. The number of hydrogen-bond acceptors (Lipinski definition) is 5. The fourth-order valence-corrected chi connectivity index (χ4v) is 4.63. The smallest absolute Gasteiger partial charge is 0.309 e. The van der Waals surface area contributed by atoms with E-state index in [1.54, 1.807) is 11.3 Å². The van der Waals surface area contributed by atoms with Crippen molar-refractivity contribution in [3.63, 3.8) is 0 Å². The number of likely N-dealkylation sites (tertiary alicyclic amines) is 1. The molecule has 1 aromatic rings. The first-order chi connectivity index (χ1) is 11.1. The van der Waals surface area contributed by atoms with Crippen molar-refractivity contribution in [3.05, 3.63) is 15.6 Å². The lowest BCUT2D eigenvalue weighted by atomic mass is 9.88. The molecule has 0 saturated carbocycles. The number of carbonyl (C=O) groups is 2. The third-order valence-corrected chi connectivity index (χ3v) is 5.86. The number of hydrogen-bond donors (Lipinski definition) is 0. The molecule has 3 rings (SSSR count). The van der Waals surface area contributed by atoms with Gasteiger partial charge in [-0.05, 0) is 46.0 Å². The second kappa shape index (κ2) is 6.99. The molecule has 0 radical (unpaired) electrons. The molecule has 1 aliphatic carbocycles. The summed E-state index contributed by atoms with van der Waals surface area (Å²) < 4.78 is 5.09. The fourth-order valence-electron chi connectivity index (χ4n) is 3.57. The van der Waals surface area contributed by atoms with Gasteiger partial charge in [-0.2, -0.15) is 0 Å². The van der Waals surface area contributed by atoms with E-state index in [-0.39, 0.29) is 23.7 Å². The van der Waals surface area contributed by atoms with Crippen molar-refractivity contribution >= 4 is 23.2 Å². The highest BCUT2D eigenvalue weighted by Gasteiger charge is 2.33. The molecule has 23 heavy (non-hydrogen) atoms. The van der Waals surface area contributed by atoms with Gasteiger partial charge in [-0.15, -0.1) is 11.3 Å². The minimum atomic E-state index is -0.109. The Balaban J connectivity index is 1.55. The van der Waals surface area contributed by atoms with E-state index in [2.05, 4.69) is 4.98 Å². The van der Waals surface area contributed by atoms with Crippen molar-refractivity contribution in [2.75, 3.05) is 19.7 Å². The van der Waals surface area contributed by atoms with Crippen LogP contribution in [-0.4, -0.2) is 41.5 Å². The highest BCUT2D eigenvalue weighted by atomic mass is 32.1. The molecule has 0 aromatic carbocycles. The van der Waals surface area contributed by atoms with E-state index in [0.29, 0.717) is 19.7 Å². The molecule has 5 nitrogen and oxygen atoms in total. The molecule has 0 spiro atoms. The lowest BCUT2D eigenvalue weighted by Crippen LogP contribution is -2.44. The molecule has 1 atom stereocenters. The summed E-state index contributed by atoms with van der Waals surface area (Å²) >= 11 is 1.72. The molecule has 1 fully saturated rings. The quantitative estimate of drug-likeness (QED) is 0.795. The second-order valence-corrected chi connectivity index (χ2v) is 7.68. The van der Waals surface area contributed by atoms with Crippen LogP contribution in [0.1, 0.15) is 41.8 Å². The largest absolute Gasteiger partial charge is 0.466 e. The number of fused-ring (bicyclic) bond motifs is 1. The number of ether oxygens (including phenoxy) is 1. The normalized spacial score (nSPS) is 21.8. The zero-order valence-electron chi connectivity index (χ0n) is 13.8. The van der Waals surface area contributed by atoms with Crippen LogP contribution >= 0.6 is 11.3 Å². The van der Waals surface area contributed by atoms with Gasteiger partial charge in [0.05, 0.1) is 23.2 Å². The van der Waals surface area contributed by atoms with Crippen LogP contribution in [0.4, 0.5) is 0 Å². The Kier molecular flexibility index (Phi) is 4.99. The lowest BCUT2D eigenvalue weighted by Gasteiger charge is -2.34. The second-order valence-electron chi connectivity index (χ2n) is 6.39. The first kappa shape index (κ1) is 16.4. The number of aromatic nitrogens is 1. The Bertz CT molecular complexity index is 591. The van der Waals surface area contributed by atoms with Crippen LogP contribution in [0.3, 0.4) is 0 Å². The minimum Gasteiger partial charge on any atom is -0.466 e. The van der Waals surface area contributed by atoms with Crippen LogP contribution in [0.25, 0.3) is 0 Å². The van der Waals surface area contributed by atoms with Crippen molar-refractivity contribution in [2.24, 2.45) is 11.8 Å². The van der Waals surface area contributed by atoms with Crippen molar-refractivity contribution in [1.82, 2.24) is 9.88 Å². The Morgan fingerprint density at radius 3 is 2.70 bits per heavy atom. The number of piperidine rings is 1. The number of carbonyl (C=O) groups excluding carboxylic acids is 2. The van der Waals surface area contributed by atoms with Gasteiger partial charge in [0.2, 0.25) is 5.91 Å². The highest BCUT2D eigenvalue weighted by Crippen LogP contribution is 2.31. The molecule has 1 amide bonds. The summed E-state index contributed by atoms with van der Waals surface area (Å²) in [7, 11) is 0. The molecule has 1 unspecified atom stereocenters. The van der Waals surface area contributed by atoms with Gasteiger partial charge in [0.25, 0.3) is 0 Å². The van der Waals surface area contributed by atoms with E-state index in [1.165, 1.54) is 10.6 Å². The summed E-state index contributed by atoms with van der Waals surface area (Å²) in [6.07, 6.45) is 4.09. The fraction of sp³-hybridized carbons (Fsp3) is 0.706. The summed E-state index contributed by atoms with van der Waals surface area (Å²) in [5.74, 6) is 0.189. The molecule has 0 N–H and O–H groups in total. The van der Waals surface area contributed by atoms with Gasteiger partial charge in [0, 0.05) is 23.9 Å². The number of rotatable bonds is 3. The molecule has 1 aliphatic heterocycles. The SMILES string of the molecule is CCOC(=O)C1CCN(C(=O)C2CCc3nc(C)sc3C2)CC1. The predicted molar refractivity (Wildman–Crippen MR) is 88.3 cm³/mol. The van der Waals surface area contributed by atoms with Gasteiger partial charge >= 0.3 is 5.97 Å². The van der Waals surface area contributed by atoms with E-state index in [9.17, 15) is 9.59 Å². The van der Waals surface area contributed by atoms with E-state index >= 15 is 0 Å². The summed E-state index contributed by atoms with van der Waals surface area (Å²) in [6, 6.07) is 0. The molecule has 0 bridgehead atoms. The molecule has 6 heteroatoms. The average Bonchev–Trinajstić information content (AvgIpc) is 2.93. The maximum atomic E-state index is 12.8. The van der Waals surface area contributed by atoms with E-state index in [4.69, 9.17) is 4.74 Å². The van der Waals surface area contributed by atoms with Gasteiger partial charge in [0.1, 0.15) is 0 Å². The Hall–Kier alpha value is -1.43. The predicted octanol–water partition coefficient (Wildman–Crippen LogP) is 2.36. The minimum absolute atomic E-state index is 0.0406. The third kappa shape index (κ3) is 3.57. The van der Waals surface area contributed by atoms with E-state index in [1.807, 2.05) is 18.7 Å². The van der Waals surface area contributed by atoms with Crippen LogP contribution < -0.4 is 0 Å². The summed E-state index contributed by atoms with van der Waals surface area (Å²) in [4.78, 5) is 32.3. The lowest BCUT2D eigenvalue weighted by molar-refractivity contribution is -0.151. The zero-order chi connectivity index (χ0) is 16.4.